The van der Waals surface area contributed by atoms with Gasteiger partial charge in [-0.05, 0) is 48.4 Å². The summed E-state index contributed by atoms with van der Waals surface area (Å²) in [6.07, 6.45) is -1.97. The molecule has 2 amide bonds. The molecule has 1 heterocycles. The van der Waals surface area contributed by atoms with Crippen molar-refractivity contribution in [3.8, 4) is 17.2 Å². The lowest BCUT2D eigenvalue weighted by molar-refractivity contribution is -0.144. The van der Waals surface area contributed by atoms with E-state index in [1.54, 1.807) is 65.6 Å². The molecule has 0 aromatic heterocycles. The largest absolute Gasteiger partial charge is 0.494 e. The second kappa shape index (κ2) is 17.2. The molecule has 3 aromatic rings. The van der Waals surface area contributed by atoms with E-state index in [0.717, 1.165) is 0 Å². The van der Waals surface area contributed by atoms with Crippen molar-refractivity contribution >= 4 is 41.0 Å². The Hall–Kier alpha value is -4.81. The number of carbonyl (C=O) groups is 4. The first-order valence-corrected chi connectivity index (χ1v) is 16.5. The number of carbonyl (C=O) groups excluding carboxylic acids is 3. The molecule has 4 rings (SSSR count). The molecule has 2 N–H and O–H groups in total. The first-order valence-electron chi connectivity index (χ1n) is 16.1. The second-order valence-corrected chi connectivity index (χ2v) is 13.1. The number of fused-ring (bicyclic) bond motifs is 1. The molecule has 3 aromatic carbocycles. The molecule has 12 nitrogen and oxygen atoms in total. The Morgan fingerprint density at radius 2 is 1.76 bits per heavy atom. The van der Waals surface area contributed by atoms with E-state index >= 15 is 0 Å². The number of carboxylic acid groups (broad SMARTS) is 1. The predicted octanol–water partition coefficient (Wildman–Crippen LogP) is 5.37. The van der Waals surface area contributed by atoms with Gasteiger partial charge in [-0.25, -0.2) is 0 Å². The van der Waals surface area contributed by atoms with Gasteiger partial charge in [-0.1, -0.05) is 49.7 Å². The summed E-state index contributed by atoms with van der Waals surface area (Å²) < 4.78 is 28.9. The molecular weight excluding hydrogens is 668 g/mol. The summed E-state index contributed by atoms with van der Waals surface area (Å²) in [6.45, 7) is 5.86. The molecule has 2 atom stereocenters. The van der Waals surface area contributed by atoms with Gasteiger partial charge in [0.15, 0.2) is 11.5 Å². The maximum Gasteiger partial charge on any atom is 0.307 e. The summed E-state index contributed by atoms with van der Waals surface area (Å²) >= 11 is 6.52. The maximum atomic E-state index is 14.4. The molecule has 13 heteroatoms. The van der Waals surface area contributed by atoms with Gasteiger partial charge in [0.05, 0.1) is 40.3 Å². The SMILES string of the molecule is COc1cccc([C@H]2O[C@H](CC(=O)NCCCOc3ccc(CC(=O)O)cc3)C(=O)N(CC(C)(C)COC(C)=O)c3ccc(Cl)cc32)c1OC. The molecule has 0 bridgehead atoms. The molecule has 1 aliphatic rings. The van der Waals surface area contributed by atoms with Crippen LogP contribution in [0.1, 0.15) is 56.4 Å². The first kappa shape index (κ1) is 38.0. The van der Waals surface area contributed by atoms with Crippen molar-refractivity contribution in [1.29, 1.82) is 0 Å². The van der Waals surface area contributed by atoms with Crippen molar-refractivity contribution in [2.75, 3.05) is 45.4 Å². The van der Waals surface area contributed by atoms with Gasteiger partial charge in [-0.15, -0.1) is 0 Å². The Morgan fingerprint density at radius 1 is 1.02 bits per heavy atom. The Labute approximate surface area is 296 Å². The molecule has 50 heavy (non-hydrogen) atoms. The minimum atomic E-state index is -1.22. The van der Waals surface area contributed by atoms with Gasteiger partial charge < -0.3 is 39.0 Å². The number of carboxylic acids is 1. The van der Waals surface area contributed by atoms with Crippen molar-refractivity contribution in [1.82, 2.24) is 5.32 Å². The lowest BCUT2D eigenvalue weighted by Gasteiger charge is -2.33. The highest BCUT2D eigenvalue weighted by Gasteiger charge is 2.41. The van der Waals surface area contributed by atoms with Crippen LogP contribution in [0.2, 0.25) is 5.02 Å². The molecule has 0 radical (unpaired) electrons. The fraction of sp³-hybridized carbons (Fsp3) is 0.405. The standard InChI is InChI=1S/C37H43ClN2O10/c1-23(41)49-22-37(2,3)21-40-29-15-12-25(38)19-28(29)34(27-8-6-9-30(46-4)35(27)47-5)50-31(36(40)45)20-32(42)39-16-7-17-48-26-13-10-24(11-14-26)18-33(43)44/h6,8-15,19,31,34H,7,16-18,20-22H2,1-5H3,(H,39,42)(H,43,44)/t31-,34-/m1/s1. The molecule has 268 valence electrons. The lowest BCUT2D eigenvalue weighted by atomic mass is 9.92. The zero-order valence-electron chi connectivity index (χ0n) is 28.8. The average Bonchev–Trinajstić information content (AvgIpc) is 3.17. The van der Waals surface area contributed by atoms with Gasteiger partial charge in [-0.2, -0.15) is 0 Å². The summed E-state index contributed by atoms with van der Waals surface area (Å²) in [5.41, 5.74) is 1.67. The monoisotopic (exact) mass is 710 g/mol. The van der Waals surface area contributed by atoms with Gasteiger partial charge in [0.25, 0.3) is 5.91 Å². The third-order valence-corrected chi connectivity index (χ3v) is 8.17. The molecule has 1 aliphatic heterocycles. The van der Waals surface area contributed by atoms with E-state index < -0.39 is 41.4 Å². The minimum Gasteiger partial charge on any atom is -0.494 e. The topological polar surface area (TPSA) is 150 Å². The molecule has 0 unspecified atom stereocenters. The zero-order chi connectivity index (χ0) is 36.4. The number of nitrogens with one attached hydrogen (secondary N) is 1. The summed E-state index contributed by atoms with van der Waals surface area (Å²) in [5.74, 6) is -0.750. The number of ether oxygens (including phenoxy) is 5. The fourth-order valence-electron chi connectivity index (χ4n) is 5.61. The van der Waals surface area contributed by atoms with Crippen LogP contribution in [-0.2, 0) is 35.1 Å². The lowest BCUT2D eigenvalue weighted by Crippen LogP contribution is -2.47. The Bertz CT molecular complexity index is 1680. The van der Waals surface area contributed by atoms with Crippen molar-refractivity contribution in [2.24, 2.45) is 5.41 Å². The Balaban J connectivity index is 1.56. The zero-order valence-corrected chi connectivity index (χ0v) is 29.6. The van der Waals surface area contributed by atoms with Crippen LogP contribution in [0.25, 0.3) is 0 Å². The van der Waals surface area contributed by atoms with Crippen LogP contribution in [0.5, 0.6) is 17.2 Å². The minimum absolute atomic E-state index is 0.0583. The van der Waals surface area contributed by atoms with Gasteiger partial charge in [0.1, 0.15) is 18.0 Å². The van der Waals surface area contributed by atoms with Crippen molar-refractivity contribution in [3.63, 3.8) is 0 Å². The quantitative estimate of drug-likeness (QED) is 0.147. The second-order valence-electron chi connectivity index (χ2n) is 12.6. The fourth-order valence-corrected chi connectivity index (χ4v) is 5.79. The highest BCUT2D eigenvalue weighted by molar-refractivity contribution is 6.30. The molecule has 0 fully saturated rings. The number of halogens is 1. The number of para-hydroxylation sites is 1. The van der Waals surface area contributed by atoms with E-state index in [9.17, 15) is 19.2 Å². The summed E-state index contributed by atoms with van der Waals surface area (Å²) in [5, 5.41) is 12.2. The molecule has 0 saturated carbocycles. The highest BCUT2D eigenvalue weighted by Crippen LogP contribution is 2.45. The van der Waals surface area contributed by atoms with Crippen molar-refractivity contribution < 1.29 is 48.0 Å². The number of rotatable bonds is 16. The van der Waals surface area contributed by atoms with Crippen molar-refractivity contribution in [3.05, 3.63) is 82.4 Å². The van der Waals surface area contributed by atoms with E-state index in [-0.39, 0.29) is 32.5 Å². The van der Waals surface area contributed by atoms with Crippen LogP contribution >= 0.6 is 11.6 Å². The number of hydrogen-bond donors (Lipinski definition) is 2. The number of aliphatic carboxylic acids is 1. The maximum absolute atomic E-state index is 14.4. The average molecular weight is 711 g/mol. The summed E-state index contributed by atoms with van der Waals surface area (Å²) in [4.78, 5) is 51.8. The number of amides is 2. The molecular formula is C37H43ClN2O10. The third-order valence-electron chi connectivity index (χ3n) is 7.93. The predicted molar refractivity (Wildman–Crippen MR) is 186 cm³/mol. The Morgan fingerprint density at radius 3 is 2.42 bits per heavy atom. The first-order chi connectivity index (χ1) is 23.8. The van der Waals surface area contributed by atoms with Crippen LogP contribution in [0.15, 0.2) is 60.7 Å². The number of hydrogen-bond acceptors (Lipinski definition) is 9. The van der Waals surface area contributed by atoms with E-state index in [1.165, 1.54) is 21.1 Å². The van der Waals surface area contributed by atoms with Gasteiger partial charge >= 0.3 is 11.9 Å². The third kappa shape index (κ3) is 10.1. The van der Waals surface area contributed by atoms with Crippen LogP contribution in [0, 0.1) is 5.41 Å². The van der Waals surface area contributed by atoms with Gasteiger partial charge in [0, 0.05) is 47.3 Å². The number of esters is 1. The Kier molecular flexibility index (Phi) is 13.1. The molecule has 0 aliphatic carbocycles. The number of methoxy groups -OCH3 is 2. The van der Waals surface area contributed by atoms with Crippen molar-refractivity contribution in [2.45, 2.75) is 52.2 Å². The summed E-state index contributed by atoms with van der Waals surface area (Å²) in [7, 11) is 3.03. The summed E-state index contributed by atoms with van der Waals surface area (Å²) in [6, 6.07) is 17.3. The normalized spacial score (nSPS) is 15.8. The van der Waals surface area contributed by atoms with E-state index in [0.29, 0.717) is 57.7 Å². The van der Waals surface area contributed by atoms with E-state index in [2.05, 4.69) is 5.32 Å². The van der Waals surface area contributed by atoms with E-state index in [4.69, 9.17) is 40.4 Å². The molecule has 0 saturated heterocycles. The number of nitrogens with zero attached hydrogens (tertiary/aromatic N) is 1. The van der Waals surface area contributed by atoms with Gasteiger partial charge in [0.2, 0.25) is 5.91 Å². The smallest absolute Gasteiger partial charge is 0.307 e. The van der Waals surface area contributed by atoms with E-state index in [1.807, 2.05) is 13.8 Å². The highest BCUT2D eigenvalue weighted by atomic mass is 35.5. The van der Waals surface area contributed by atoms with Crippen LogP contribution < -0.4 is 24.4 Å². The van der Waals surface area contributed by atoms with Gasteiger partial charge in [-0.3, -0.25) is 19.2 Å². The van der Waals surface area contributed by atoms with Crippen LogP contribution in [0.3, 0.4) is 0 Å². The molecule has 0 spiro atoms. The number of benzene rings is 3. The number of anilines is 1. The van der Waals surface area contributed by atoms with Crippen LogP contribution in [-0.4, -0.2) is 75.5 Å². The van der Waals surface area contributed by atoms with Crippen LogP contribution in [0.4, 0.5) is 5.69 Å².